The van der Waals surface area contributed by atoms with Gasteiger partial charge in [-0.25, -0.2) is 0 Å². The van der Waals surface area contributed by atoms with E-state index in [-0.39, 0.29) is 11.3 Å². The zero-order valence-corrected chi connectivity index (χ0v) is 16.0. The summed E-state index contributed by atoms with van der Waals surface area (Å²) in [6, 6.07) is 13.4. The Kier molecular flexibility index (Phi) is 4.92. The highest BCUT2D eigenvalue weighted by Crippen LogP contribution is 2.34. The maximum Gasteiger partial charge on any atom is 0.284 e. The number of nitrogens with one attached hydrogen (secondary N) is 1. The van der Waals surface area contributed by atoms with Crippen molar-refractivity contribution in [2.75, 3.05) is 5.32 Å². The molecule has 29 heavy (non-hydrogen) atoms. The maximum atomic E-state index is 12.7. The van der Waals surface area contributed by atoms with Gasteiger partial charge in [-0.3, -0.25) is 19.9 Å². The van der Waals surface area contributed by atoms with E-state index in [0.29, 0.717) is 15.7 Å². The summed E-state index contributed by atoms with van der Waals surface area (Å²) >= 11 is 1.11. The molecule has 0 radical (unpaired) electrons. The molecule has 10 heteroatoms. The molecule has 0 fully saturated rings. The van der Waals surface area contributed by atoms with Crippen LogP contribution < -0.4 is 5.32 Å². The Morgan fingerprint density at radius 2 is 2.07 bits per heavy atom. The van der Waals surface area contributed by atoms with E-state index >= 15 is 0 Å². The molecule has 9 nitrogen and oxygen atoms in total. The number of anilines is 1. The van der Waals surface area contributed by atoms with E-state index in [1.54, 1.807) is 42.1 Å². The predicted octanol–water partition coefficient (Wildman–Crippen LogP) is 3.68. The molecule has 2 heterocycles. The fourth-order valence-electron chi connectivity index (χ4n) is 2.76. The molecule has 0 aliphatic heterocycles. The van der Waals surface area contributed by atoms with E-state index in [4.69, 9.17) is 0 Å². The molecule has 0 spiro atoms. The molecular weight excluding hydrogens is 392 g/mol. The number of benzene rings is 2. The minimum Gasteiger partial charge on any atom is -0.321 e. The van der Waals surface area contributed by atoms with Crippen LogP contribution in [0.3, 0.4) is 0 Å². The van der Waals surface area contributed by atoms with Crippen LogP contribution in [0.15, 0.2) is 71.1 Å². The lowest BCUT2D eigenvalue weighted by Crippen LogP contribution is -2.12. The van der Waals surface area contributed by atoms with Gasteiger partial charge in [-0.15, -0.1) is 10.2 Å². The lowest BCUT2D eigenvalue weighted by Gasteiger charge is -2.09. The fourth-order valence-corrected chi connectivity index (χ4v) is 3.61. The van der Waals surface area contributed by atoms with Gasteiger partial charge in [0.2, 0.25) is 0 Å². The van der Waals surface area contributed by atoms with Crippen LogP contribution in [-0.4, -0.2) is 30.6 Å². The Labute approximate surface area is 168 Å². The second kappa shape index (κ2) is 7.68. The van der Waals surface area contributed by atoms with E-state index in [1.165, 1.54) is 18.5 Å². The van der Waals surface area contributed by atoms with Gasteiger partial charge in [-0.05, 0) is 48.2 Å². The van der Waals surface area contributed by atoms with Crippen LogP contribution >= 0.6 is 11.8 Å². The van der Waals surface area contributed by atoms with Crippen LogP contribution in [0.25, 0.3) is 10.9 Å². The first-order chi connectivity index (χ1) is 14.0. The Bertz CT molecular complexity index is 1230. The number of amides is 1. The van der Waals surface area contributed by atoms with Gasteiger partial charge in [0, 0.05) is 30.3 Å². The number of carbonyl (C=O) groups is 1. The molecule has 0 atom stereocenters. The quantitative estimate of drug-likeness (QED) is 0.397. The number of pyridine rings is 1. The van der Waals surface area contributed by atoms with Gasteiger partial charge in [0.25, 0.3) is 11.6 Å². The van der Waals surface area contributed by atoms with Crippen molar-refractivity contribution in [1.29, 1.82) is 0 Å². The van der Waals surface area contributed by atoms with Crippen molar-refractivity contribution in [1.82, 2.24) is 19.7 Å². The summed E-state index contributed by atoms with van der Waals surface area (Å²) in [5.41, 5.74) is 1.33. The summed E-state index contributed by atoms with van der Waals surface area (Å²) in [5, 5.41) is 23.3. The van der Waals surface area contributed by atoms with Crippen LogP contribution in [0.5, 0.6) is 0 Å². The van der Waals surface area contributed by atoms with Gasteiger partial charge in [-0.2, -0.15) is 0 Å². The number of nitro groups is 1. The average molecular weight is 406 g/mol. The molecular formula is C19H14N6O3S. The monoisotopic (exact) mass is 406 g/mol. The van der Waals surface area contributed by atoms with Crippen LogP contribution in [-0.2, 0) is 7.05 Å². The number of rotatable bonds is 5. The number of nitro benzene ring substituents is 1. The summed E-state index contributed by atoms with van der Waals surface area (Å²) in [5.74, 6) is -0.445. The number of hydrogen-bond donors (Lipinski definition) is 1. The summed E-state index contributed by atoms with van der Waals surface area (Å²) in [4.78, 5) is 28.4. The van der Waals surface area contributed by atoms with Crippen LogP contribution in [0.4, 0.5) is 11.4 Å². The highest BCUT2D eigenvalue weighted by atomic mass is 32.2. The van der Waals surface area contributed by atoms with Crippen molar-refractivity contribution >= 4 is 39.9 Å². The highest BCUT2D eigenvalue weighted by Gasteiger charge is 2.20. The topological polar surface area (TPSA) is 116 Å². The second-order valence-electron chi connectivity index (χ2n) is 6.10. The molecule has 0 bridgehead atoms. The zero-order chi connectivity index (χ0) is 20.4. The normalized spacial score (nSPS) is 10.8. The van der Waals surface area contributed by atoms with E-state index in [1.807, 2.05) is 12.1 Å². The molecule has 0 unspecified atom stereocenters. The summed E-state index contributed by atoms with van der Waals surface area (Å²) in [6.45, 7) is 0. The average Bonchev–Trinajstić information content (AvgIpc) is 3.13. The largest absolute Gasteiger partial charge is 0.321 e. The number of aromatic nitrogens is 4. The lowest BCUT2D eigenvalue weighted by molar-refractivity contribution is -0.387. The lowest BCUT2D eigenvalue weighted by atomic mass is 10.1. The maximum absolute atomic E-state index is 12.7. The number of carbonyl (C=O) groups excluding carboxylic acids is 1. The first-order valence-electron chi connectivity index (χ1n) is 8.48. The van der Waals surface area contributed by atoms with Gasteiger partial charge in [-0.1, -0.05) is 6.07 Å². The summed E-state index contributed by atoms with van der Waals surface area (Å²) in [6.07, 6.45) is 3.18. The minimum absolute atomic E-state index is 0.176. The van der Waals surface area contributed by atoms with Crippen molar-refractivity contribution in [2.45, 2.75) is 10.1 Å². The molecule has 0 saturated carbocycles. The van der Waals surface area contributed by atoms with Gasteiger partial charge >= 0.3 is 0 Å². The number of fused-ring (bicyclic) bond motifs is 1. The Morgan fingerprint density at radius 1 is 1.21 bits per heavy atom. The van der Waals surface area contributed by atoms with Gasteiger partial charge in [0.05, 0.1) is 21.0 Å². The third kappa shape index (κ3) is 3.78. The molecule has 0 saturated heterocycles. The Hall–Kier alpha value is -3.79. The molecule has 4 rings (SSSR count). The van der Waals surface area contributed by atoms with E-state index in [2.05, 4.69) is 20.5 Å². The summed E-state index contributed by atoms with van der Waals surface area (Å²) < 4.78 is 1.66. The van der Waals surface area contributed by atoms with Gasteiger partial charge in [0.1, 0.15) is 6.33 Å². The molecule has 2 aromatic carbocycles. The first kappa shape index (κ1) is 18.6. The minimum atomic E-state index is -0.517. The number of hydrogen-bond acceptors (Lipinski definition) is 7. The first-order valence-corrected chi connectivity index (χ1v) is 9.30. The zero-order valence-electron chi connectivity index (χ0n) is 15.1. The van der Waals surface area contributed by atoms with E-state index in [0.717, 1.165) is 22.7 Å². The van der Waals surface area contributed by atoms with Crippen molar-refractivity contribution in [3.8, 4) is 0 Å². The third-order valence-corrected chi connectivity index (χ3v) is 5.30. The molecule has 0 aliphatic carbocycles. The van der Waals surface area contributed by atoms with Gasteiger partial charge < -0.3 is 9.88 Å². The number of nitrogens with zero attached hydrogens (tertiary/aromatic N) is 5. The molecule has 4 aromatic rings. The van der Waals surface area contributed by atoms with E-state index in [9.17, 15) is 14.9 Å². The molecule has 144 valence electrons. The Balaban J connectivity index is 1.64. The second-order valence-corrected chi connectivity index (χ2v) is 7.10. The Morgan fingerprint density at radius 3 is 2.83 bits per heavy atom. The van der Waals surface area contributed by atoms with Crippen LogP contribution in [0.2, 0.25) is 0 Å². The van der Waals surface area contributed by atoms with Crippen molar-refractivity contribution in [3.63, 3.8) is 0 Å². The molecule has 1 N–H and O–H groups in total. The third-order valence-electron chi connectivity index (χ3n) is 4.18. The van der Waals surface area contributed by atoms with Crippen LogP contribution in [0, 0.1) is 10.1 Å². The van der Waals surface area contributed by atoms with Gasteiger partial charge in [0.15, 0.2) is 5.16 Å². The standard InChI is InChI=1S/C19H14N6O3S/c1-24-11-21-23-19(24)29-17-8-7-12(10-16(17)25(27)28)18(26)22-15-6-2-5-14-13(15)4-3-9-20-14/h2-11H,1H3,(H,22,26). The number of aryl methyl sites for hydroxylation is 1. The predicted molar refractivity (Wildman–Crippen MR) is 108 cm³/mol. The van der Waals surface area contributed by atoms with Crippen molar-refractivity contribution in [3.05, 3.63) is 76.7 Å². The molecule has 1 amide bonds. The van der Waals surface area contributed by atoms with E-state index < -0.39 is 10.8 Å². The van der Waals surface area contributed by atoms with Crippen LogP contribution in [0.1, 0.15) is 10.4 Å². The molecule has 2 aromatic heterocycles. The highest BCUT2D eigenvalue weighted by molar-refractivity contribution is 7.99. The SMILES string of the molecule is Cn1cnnc1Sc1ccc(C(=O)Nc2cccc3ncccc23)cc1[N+](=O)[O-]. The smallest absolute Gasteiger partial charge is 0.284 e. The van der Waals surface area contributed by atoms with Crippen molar-refractivity contribution < 1.29 is 9.72 Å². The van der Waals surface area contributed by atoms with Crippen molar-refractivity contribution in [2.24, 2.45) is 7.05 Å². The fraction of sp³-hybridized carbons (Fsp3) is 0.0526. The summed E-state index contributed by atoms with van der Waals surface area (Å²) in [7, 11) is 1.75. The molecule has 0 aliphatic rings.